The molecule has 1 atom stereocenters. The molecule has 0 rings (SSSR count). The van der Waals surface area contributed by atoms with Gasteiger partial charge in [0.05, 0.1) is 6.61 Å². The van der Waals surface area contributed by atoms with Crippen LogP contribution in [0.5, 0.6) is 0 Å². The van der Waals surface area contributed by atoms with Crippen LogP contribution < -0.4 is 5.73 Å². The maximum absolute atomic E-state index is 11.1. The third-order valence-corrected chi connectivity index (χ3v) is 0.510. The van der Waals surface area contributed by atoms with Gasteiger partial charge in [-0.2, -0.15) is 0 Å². The molecule has 0 aliphatic carbocycles. The highest BCUT2D eigenvalue weighted by Crippen LogP contribution is 2.15. The Balaban J connectivity index is 0. The molecule has 0 radical (unpaired) electrons. The van der Waals surface area contributed by atoms with Gasteiger partial charge in [0.15, 0.2) is 0 Å². The van der Waals surface area contributed by atoms with Gasteiger partial charge in [-0.05, 0) is 6.92 Å². The number of nitrogens with two attached hydrogens (primary N) is 1. The smallest absolute Gasteiger partial charge is 0.326 e. The fourth-order valence-electron chi connectivity index (χ4n) is 0.226. The number of alkyl halides is 3. The van der Waals surface area contributed by atoms with Crippen LogP contribution in [0.1, 0.15) is 6.92 Å². The van der Waals surface area contributed by atoms with Gasteiger partial charge in [-0.1, -0.05) is 0 Å². The Hall–Kier alpha value is -0.0000000000000000555. The summed E-state index contributed by atoms with van der Waals surface area (Å²) in [6.07, 6.45) is -4.55. The standard InChI is InChI=1S/C4H8F3NO.ClH/c1-3(8)2-9-4(5,6)7;/h3H,2,8H2,1H3;1H/t3-;/m0./s1. The Kier molecular flexibility index (Phi) is 6.02. The summed E-state index contributed by atoms with van der Waals surface area (Å²) >= 11 is 0. The first-order valence-electron chi connectivity index (χ1n) is 2.38. The van der Waals surface area contributed by atoms with E-state index in [0.717, 1.165) is 0 Å². The average Bonchev–Trinajstić information content (AvgIpc) is 1.59. The van der Waals surface area contributed by atoms with E-state index >= 15 is 0 Å². The molecule has 0 unspecified atom stereocenters. The van der Waals surface area contributed by atoms with Gasteiger partial charge >= 0.3 is 6.36 Å². The molecule has 0 aromatic carbocycles. The van der Waals surface area contributed by atoms with Gasteiger partial charge in [-0.3, -0.25) is 4.74 Å². The lowest BCUT2D eigenvalue weighted by molar-refractivity contribution is -0.325. The molecule has 0 amide bonds. The Bertz CT molecular complexity index is 85.1. The van der Waals surface area contributed by atoms with E-state index in [2.05, 4.69) is 4.74 Å². The molecule has 0 fully saturated rings. The highest BCUT2D eigenvalue weighted by atomic mass is 35.5. The SMILES string of the molecule is C[C@H](N)COC(F)(F)F.Cl. The quantitative estimate of drug-likeness (QED) is 0.694. The second-order valence-electron chi connectivity index (χ2n) is 1.73. The lowest BCUT2D eigenvalue weighted by Crippen LogP contribution is -2.27. The minimum Gasteiger partial charge on any atom is -0.326 e. The molecule has 2 nitrogen and oxygen atoms in total. The van der Waals surface area contributed by atoms with Gasteiger partial charge in [0, 0.05) is 6.04 Å². The van der Waals surface area contributed by atoms with E-state index in [4.69, 9.17) is 5.73 Å². The normalized spacial score (nSPS) is 14.1. The van der Waals surface area contributed by atoms with Gasteiger partial charge in [0.25, 0.3) is 0 Å². The molecule has 0 aliphatic heterocycles. The topological polar surface area (TPSA) is 35.2 Å². The van der Waals surface area contributed by atoms with E-state index in [1.807, 2.05) is 0 Å². The zero-order valence-electron chi connectivity index (χ0n) is 5.31. The summed E-state index contributed by atoms with van der Waals surface area (Å²) in [7, 11) is 0. The van der Waals surface area contributed by atoms with Gasteiger partial charge in [-0.15, -0.1) is 25.6 Å². The lowest BCUT2D eigenvalue weighted by Gasteiger charge is -2.08. The van der Waals surface area contributed by atoms with Crippen molar-refractivity contribution < 1.29 is 17.9 Å². The Morgan fingerprint density at radius 3 is 2.00 bits per heavy atom. The third kappa shape index (κ3) is 10.9. The van der Waals surface area contributed by atoms with E-state index in [1.54, 1.807) is 0 Å². The summed E-state index contributed by atoms with van der Waals surface area (Å²) in [5, 5.41) is 0. The van der Waals surface area contributed by atoms with Crippen molar-refractivity contribution in [1.82, 2.24) is 0 Å². The lowest BCUT2D eigenvalue weighted by atomic mass is 10.4. The highest BCUT2D eigenvalue weighted by molar-refractivity contribution is 5.85. The maximum Gasteiger partial charge on any atom is 0.522 e. The fraction of sp³-hybridized carbons (Fsp3) is 1.00. The van der Waals surface area contributed by atoms with Crippen LogP contribution in [0, 0.1) is 0 Å². The summed E-state index contributed by atoms with van der Waals surface area (Å²) in [5.41, 5.74) is 4.97. The molecule has 0 saturated carbocycles. The molecular formula is C4H9ClF3NO. The van der Waals surface area contributed by atoms with Gasteiger partial charge in [0.2, 0.25) is 0 Å². The second kappa shape index (κ2) is 4.76. The van der Waals surface area contributed by atoms with E-state index < -0.39 is 19.0 Å². The van der Waals surface area contributed by atoms with Crippen LogP contribution in [0.15, 0.2) is 0 Å². The van der Waals surface area contributed by atoms with Crippen molar-refractivity contribution in [3.63, 3.8) is 0 Å². The molecule has 2 N–H and O–H groups in total. The molecule has 0 heterocycles. The van der Waals surface area contributed by atoms with Gasteiger partial charge in [-0.25, -0.2) is 0 Å². The average molecular weight is 180 g/mol. The van der Waals surface area contributed by atoms with Crippen LogP contribution >= 0.6 is 12.4 Å². The summed E-state index contributed by atoms with van der Waals surface area (Å²) in [6, 6.07) is -0.577. The number of hydrogen-bond donors (Lipinski definition) is 1. The van der Waals surface area contributed by atoms with E-state index in [1.165, 1.54) is 6.92 Å². The van der Waals surface area contributed by atoms with E-state index in [0.29, 0.717) is 0 Å². The molecule has 0 spiro atoms. The molecule has 0 saturated heterocycles. The van der Waals surface area contributed by atoms with Crippen molar-refractivity contribution in [3.05, 3.63) is 0 Å². The number of ether oxygens (including phenoxy) is 1. The molecule has 0 aromatic rings. The molecule has 0 bridgehead atoms. The van der Waals surface area contributed by atoms with Gasteiger partial charge < -0.3 is 5.73 Å². The first-order chi connectivity index (χ1) is 3.92. The second-order valence-corrected chi connectivity index (χ2v) is 1.73. The van der Waals surface area contributed by atoms with Crippen LogP contribution in [0.3, 0.4) is 0 Å². The number of rotatable bonds is 2. The largest absolute Gasteiger partial charge is 0.522 e. The third-order valence-electron chi connectivity index (χ3n) is 0.510. The highest BCUT2D eigenvalue weighted by Gasteiger charge is 2.28. The molecular weight excluding hydrogens is 170 g/mol. The first kappa shape index (κ1) is 12.7. The van der Waals surface area contributed by atoms with E-state index in [9.17, 15) is 13.2 Å². The molecule has 0 aromatic heterocycles. The van der Waals surface area contributed by atoms with Crippen molar-refractivity contribution in [2.75, 3.05) is 6.61 Å². The minimum atomic E-state index is -4.55. The van der Waals surface area contributed by atoms with Crippen molar-refractivity contribution in [2.45, 2.75) is 19.3 Å². The fourth-order valence-corrected chi connectivity index (χ4v) is 0.226. The number of halogens is 4. The van der Waals surface area contributed by atoms with Crippen LogP contribution in [0.2, 0.25) is 0 Å². The van der Waals surface area contributed by atoms with Crippen LogP contribution in [0.4, 0.5) is 13.2 Å². The van der Waals surface area contributed by atoms with Crippen molar-refractivity contribution in [3.8, 4) is 0 Å². The monoisotopic (exact) mass is 179 g/mol. The van der Waals surface area contributed by atoms with Crippen molar-refractivity contribution >= 4 is 12.4 Å². The number of hydrogen-bond acceptors (Lipinski definition) is 2. The maximum atomic E-state index is 11.1. The zero-order valence-corrected chi connectivity index (χ0v) is 6.13. The zero-order chi connectivity index (χ0) is 7.49. The van der Waals surface area contributed by atoms with Crippen LogP contribution in [-0.2, 0) is 4.74 Å². The Morgan fingerprint density at radius 2 is 1.90 bits per heavy atom. The van der Waals surface area contributed by atoms with Gasteiger partial charge in [0.1, 0.15) is 0 Å². The Labute approximate surface area is 62.9 Å². The summed E-state index contributed by atoms with van der Waals surface area (Å²) in [6.45, 7) is 0.954. The Morgan fingerprint density at radius 1 is 1.50 bits per heavy atom. The summed E-state index contributed by atoms with van der Waals surface area (Å²) in [5.74, 6) is 0. The van der Waals surface area contributed by atoms with Crippen molar-refractivity contribution in [2.24, 2.45) is 5.73 Å². The van der Waals surface area contributed by atoms with Crippen LogP contribution in [0.25, 0.3) is 0 Å². The minimum absolute atomic E-state index is 0. The predicted octanol–water partition coefficient (Wildman–Crippen LogP) is 1.29. The summed E-state index contributed by atoms with van der Waals surface area (Å²) < 4.78 is 36.8. The molecule has 10 heavy (non-hydrogen) atoms. The summed E-state index contributed by atoms with van der Waals surface area (Å²) in [4.78, 5) is 0. The van der Waals surface area contributed by atoms with Crippen molar-refractivity contribution in [1.29, 1.82) is 0 Å². The molecule has 0 aliphatic rings. The first-order valence-corrected chi connectivity index (χ1v) is 2.38. The molecule has 6 heteroatoms. The van der Waals surface area contributed by atoms with Crippen LogP contribution in [-0.4, -0.2) is 19.0 Å². The predicted molar refractivity (Wildman–Crippen MR) is 32.9 cm³/mol. The van der Waals surface area contributed by atoms with E-state index in [-0.39, 0.29) is 12.4 Å². The molecule has 64 valence electrons.